The Labute approximate surface area is 179 Å². The fourth-order valence-corrected chi connectivity index (χ4v) is 3.97. The molecule has 0 saturated carbocycles. The van der Waals surface area contributed by atoms with Crippen LogP contribution in [-0.4, -0.2) is 65.2 Å². The number of anilines is 1. The summed E-state index contributed by atoms with van der Waals surface area (Å²) in [6.07, 6.45) is 0.0853. The number of non-ortho nitro benzene ring substituents is 1. The van der Waals surface area contributed by atoms with Crippen LogP contribution in [-0.2, 0) is 4.79 Å². The number of amides is 3. The van der Waals surface area contributed by atoms with Crippen LogP contribution in [0.4, 0.5) is 11.4 Å². The smallest absolute Gasteiger partial charge is 0.269 e. The standard InChI is InChI=1S/C22H22N4O5/c1-15-2-7-18-19(14-15)22(29)25(21(18)28)9-8-20(27)24-12-10-23(11-13-24)16-3-5-17(6-4-16)26(30)31/h2-7,14H,8-13H2,1H3. The number of hydrogen-bond acceptors (Lipinski definition) is 6. The van der Waals surface area contributed by atoms with Crippen LogP contribution in [0.3, 0.4) is 0 Å². The Hall–Kier alpha value is -3.75. The van der Waals surface area contributed by atoms with Crippen molar-refractivity contribution in [2.45, 2.75) is 13.3 Å². The highest BCUT2D eigenvalue weighted by Gasteiger charge is 2.35. The van der Waals surface area contributed by atoms with Gasteiger partial charge < -0.3 is 9.80 Å². The van der Waals surface area contributed by atoms with Crippen LogP contribution in [0.1, 0.15) is 32.7 Å². The number of piperazine rings is 1. The van der Waals surface area contributed by atoms with Crippen LogP contribution in [0.5, 0.6) is 0 Å². The van der Waals surface area contributed by atoms with Gasteiger partial charge in [-0.05, 0) is 31.2 Å². The number of benzene rings is 2. The molecular weight excluding hydrogens is 400 g/mol. The Morgan fingerprint density at radius 2 is 1.61 bits per heavy atom. The van der Waals surface area contributed by atoms with E-state index in [2.05, 4.69) is 4.90 Å². The number of hydrogen-bond donors (Lipinski definition) is 0. The van der Waals surface area contributed by atoms with Crippen LogP contribution in [0, 0.1) is 17.0 Å². The monoisotopic (exact) mass is 422 g/mol. The number of nitrogens with zero attached hydrogens (tertiary/aromatic N) is 4. The first kappa shape index (κ1) is 20.5. The molecule has 0 bridgehead atoms. The molecule has 9 heteroatoms. The average molecular weight is 422 g/mol. The summed E-state index contributed by atoms with van der Waals surface area (Å²) in [5.74, 6) is -0.800. The van der Waals surface area contributed by atoms with E-state index in [0.717, 1.165) is 16.2 Å². The molecule has 0 aromatic heterocycles. The van der Waals surface area contributed by atoms with E-state index in [-0.39, 0.29) is 36.4 Å². The quantitative estimate of drug-likeness (QED) is 0.416. The molecule has 2 aromatic carbocycles. The van der Waals surface area contributed by atoms with E-state index in [0.29, 0.717) is 37.3 Å². The third-order valence-corrected chi connectivity index (χ3v) is 5.73. The summed E-state index contributed by atoms with van der Waals surface area (Å²) in [5.41, 5.74) is 2.61. The minimum Gasteiger partial charge on any atom is -0.368 e. The molecule has 0 aliphatic carbocycles. The zero-order valence-electron chi connectivity index (χ0n) is 17.1. The molecule has 0 atom stereocenters. The molecule has 0 radical (unpaired) electrons. The molecule has 2 heterocycles. The molecule has 2 aromatic rings. The second-order valence-corrected chi connectivity index (χ2v) is 7.70. The second kappa shape index (κ2) is 8.17. The maximum Gasteiger partial charge on any atom is 0.269 e. The first-order chi connectivity index (χ1) is 14.8. The van der Waals surface area contributed by atoms with E-state index < -0.39 is 4.92 Å². The summed E-state index contributed by atoms with van der Waals surface area (Å²) in [6, 6.07) is 11.5. The van der Waals surface area contributed by atoms with Crippen molar-refractivity contribution >= 4 is 29.1 Å². The van der Waals surface area contributed by atoms with Gasteiger partial charge in [0.2, 0.25) is 5.91 Å². The van der Waals surface area contributed by atoms with Crippen LogP contribution >= 0.6 is 0 Å². The molecule has 31 heavy (non-hydrogen) atoms. The molecule has 9 nitrogen and oxygen atoms in total. The molecular formula is C22H22N4O5. The van der Waals surface area contributed by atoms with E-state index in [1.54, 1.807) is 35.2 Å². The van der Waals surface area contributed by atoms with Crippen molar-refractivity contribution in [2.75, 3.05) is 37.6 Å². The summed E-state index contributed by atoms with van der Waals surface area (Å²) in [7, 11) is 0. The minimum absolute atomic E-state index is 0.0425. The SMILES string of the molecule is Cc1ccc2c(c1)C(=O)N(CCC(=O)N1CCN(c3ccc([N+](=O)[O-])cc3)CC1)C2=O. The molecule has 3 amide bonds. The average Bonchev–Trinajstić information content (AvgIpc) is 3.01. The van der Waals surface area contributed by atoms with Crippen LogP contribution < -0.4 is 4.90 Å². The molecule has 160 valence electrons. The van der Waals surface area contributed by atoms with Gasteiger partial charge in [-0.1, -0.05) is 11.6 Å². The van der Waals surface area contributed by atoms with E-state index in [4.69, 9.17) is 0 Å². The van der Waals surface area contributed by atoms with Crippen molar-refractivity contribution in [3.05, 3.63) is 69.3 Å². The summed E-state index contributed by atoms with van der Waals surface area (Å²) in [4.78, 5) is 53.0. The van der Waals surface area contributed by atoms with Crippen molar-refractivity contribution in [3.8, 4) is 0 Å². The molecule has 2 aliphatic heterocycles. The Morgan fingerprint density at radius 1 is 0.968 bits per heavy atom. The lowest BCUT2D eigenvalue weighted by atomic mass is 10.1. The first-order valence-electron chi connectivity index (χ1n) is 10.1. The van der Waals surface area contributed by atoms with Crippen molar-refractivity contribution in [2.24, 2.45) is 0 Å². The van der Waals surface area contributed by atoms with Crippen molar-refractivity contribution in [3.63, 3.8) is 0 Å². The highest BCUT2D eigenvalue weighted by atomic mass is 16.6. The molecule has 0 N–H and O–H groups in total. The van der Waals surface area contributed by atoms with Crippen molar-refractivity contribution < 1.29 is 19.3 Å². The molecule has 4 rings (SSSR count). The number of rotatable bonds is 5. The topological polar surface area (TPSA) is 104 Å². The maximum absolute atomic E-state index is 12.6. The maximum atomic E-state index is 12.6. The molecule has 0 unspecified atom stereocenters. The van der Waals surface area contributed by atoms with Crippen LogP contribution in [0.2, 0.25) is 0 Å². The number of aryl methyl sites for hydroxylation is 1. The van der Waals surface area contributed by atoms with E-state index in [9.17, 15) is 24.5 Å². The molecule has 2 aliphatic rings. The Bertz CT molecular complexity index is 1060. The third kappa shape index (κ3) is 3.98. The van der Waals surface area contributed by atoms with E-state index >= 15 is 0 Å². The number of nitro benzene ring substituents is 1. The van der Waals surface area contributed by atoms with Gasteiger partial charge in [-0.2, -0.15) is 0 Å². The normalized spacial score (nSPS) is 16.0. The Morgan fingerprint density at radius 3 is 2.26 bits per heavy atom. The molecule has 0 spiro atoms. The number of imide groups is 1. The summed E-state index contributed by atoms with van der Waals surface area (Å²) < 4.78 is 0. The Balaban J connectivity index is 1.30. The van der Waals surface area contributed by atoms with Gasteiger partial charge in [0, 0.05) is 57.0 Å². The lowest BCUT2D eigenvalue weighted by Crippen LogP contribution is -2.49. The minimum atomic E-state index is -0.435. The summed E-state index contributed by atoms with van der Waals surface area (Å²) >= 11 is 0. The molecule has 1 fully saturated rings. The van der Waals surface area contributed by atoms with Crippen molar-refractivity contribution in [1.29, 1.82) is 0 Å². The van der Waals surface area contributed by atoms with E-state index in [1.807, 2.05) is 6.92 Å². The van der Waals surface area contributed by atoms with Gasteiger partial charge in [-0.15, -0.1) is 0 Å². The largest absolute Gasteiger partial charge is 0.368 e. The van der Waals surface area contributed by atoms with Gasteiger partial charge in [-0.3, -0.25) is 29.4 Å². The number of fused-ring (bicyclic) bond motifs is 1. The lowest BCUT2D eigenvalue weighted by molar-refractivity contribution is -0.384. The predicted molar refractivity (Wildman–Crippen MR) is 113 cm³/mol. The fourth-order valence-electron chi connectivity index (χ4n) is 3.97. The summed E-state index contributed by atoms with van der Waals surface area (Å²) in [6.45, 7) is 4.16. The fraction of sp³-hybridized carbons (Fsp3) is 0.318. The zero-order valence-corrected chi connectivity index (χ0v) is 17.1. The second-order valence-electron chi connectivity index (χ2n) is 7.70. The Kier molecular flexibility index (Phi) is 5.41. The number of carbonyl (C=O) groups is 3. The van der Waals surface area contributed by atoms with Gasteiger partial charge >= 0.3 is 0 Å². The first-order valence-corrected chi connectivity index (χ1v) is 10.1. The third-order valence-electron chi connectivity index (χ3n) is 5.73. The summed E-state index contributed by atoms with van der Waals surface area (Å²) in [5, 5.41) is 10.8. The van der Waals surface area contributed by atoms with Crippen molar-refractivity contribution in [1.82, 2.24) is 9.80 Å². The van der Waals surface area contributed by atoms with Gasteiger partial charge in [0.05, 0.1) is 16.1 Å². The highest BCUT2D eigenvalue weighted by Crippen LogP contribution is 2.24. The van der Waals surface area contributed by atoms with Gasteiger partial charge in [0.25, 0.3) is 17.5 Å². The van der Waals surface area contributed by atoms with Crippen LogP contribution in [0.15, 0.2) is 42.5 Å². The van der Waals surface area contributed by atoms with Crippen LogP contribution in [0.25, 0.3) is 0 Å². The van der Waals surface area contributed by atoms with Gasteiger partial charge in [0.15, 0.2) is 0 Å². The highest BCUT2D eigenvalue weighted by molar-refractivity contribution is 6.21. The van der Waals surface area contributed by atoms with Gasteiger partial charge in [0.1, 0.15) is 0 Å². The lowest BCUT2D eigenvalue weighted by Gasteiger charge is -2.36. The van der Waals surface area contributed by atoms with Gasteiger partial charge in [-0.25, -0.2) is 0 Å². The van der Waals surface area contributed by atoms with E-state index in [1.165, 1.54) is 12.1 Å². The zero-order chi connectivity index (χ0) is 22.1. The predicted octanol–water partition coefficient (Wildman–Crippen LogP) is 2.24. The number of nitro groups is 1. The molecule has 1 saturated heterocycles. The number of carbonyl (C=O) groups excluding carboxylic acids is 3.